The van der Waals surface area contributed by atoms with Gasteiger partial charge in [0.05, 0.1) is 0 Å². The summed E-state index contributed by atoms with van der Waals surface area (Å²) in [4.78, 5) is 10.5. The van der Waals surface area contributed by atoms with Crippen LogP contribution in [0.4, 0.5) is 26.3 Å². The fraction of sp³-hybridized carbons (Fsp3) is 0.364. The van der Waals surface area contributed by atoms with Crippen molar-refractivity contribution in [3.05, 3.63) is 29.3 Å². The van der Waals surface area contributed by atoms with E-state index in [1.54, 1.807) is 0 Å². The Morgan fingerprint density at radius 2 is 1.63 bits per heavy atom. The Balaban J connectivity index is 3.04. The fourth-order valence-corrected chi connectivity index (χ4v) is 1.31. The van der Waals surface area contributed by atoms with E-state index in [1.165, 1.54) is 6.92 Å². The van der Waals surface area contributed by atoms with Gasteiger partial charge in [0, 0.05) is 5.56 Å². The minimum Gasteiger partial charge on any atom is -0.471 e. The third kappa shape index (κ3) is 3.87. The van der Waals surface area contributed by atoms with E-state index in [4.69, 9.17) is 0 Å². The second kappa shape index (κ2) is 5.10. The third-order valence-corrected chi connectivity index (χ3v) is 2.22. The standard InChI is InChI=1S/C11H8F6O2/c1-6-4-8(3-2-7(6)5-18)19-9(10(12,13)14)11(15,16)17/h2-5,9H,1H3. The van der Waals surface area contributed by atoms with Gasteiger partial charge in [0.2, 0.25) is 0 Å². The van der Waals surface area contributed by atoms with Crippen molar-refractivity contribution in [1.82, 2.24) is 0 Å². The zero-order chi connectivity index (χ0) is 14.8. The van der Waals surface area contributed by atoms with Crippen molar-refractivity contribution in [2.75, 3.05) is 0 Å². The van der Waals surface area contributed by atoms with Crippen LogP contribution >= 0.6 is 0 Å². The molecule has 106 valence electrons. The summed E-state index contributed by atoms with van der Waals surface area (Å²) in [6.45, 7) is 1.37. The maximum Gasteiger partial charge on any atom is 0.434 e. The van der Waals surface area contributed by atoms with E-state index in [-0.39, 0.29) is 11.1 Å². The number of hydrogen-bond donors (Lipinski definition) is 0. The molecule has 0 fully saturated rings. The van der Waals surface area contributed by atoms with Crippen molar-refractivity contribution < 1.29 is 35.9 Å². The molecule has 0 aliphatic carbocycles. The number of carbonyl (C=O) groups excluding carboxylic acids is 1. The van der Waals surface area contributed by atoms with Crippen molar-refractivity contribution in [2.45, 2.75) is 25.4 Å². The molecule has 0 amide bonds. The van der Waals surface area contributed by atoms with Gasteiger partial charge in [0.25, 0.3) is 6.10 Å². The molecule has 0 saturated carbocycles. The Kier molecular flexibility index (Phi) is 4.12. The van der Waals surface area contributed by atoms with E-state index in [9.17, 15) is 31.1 Å². The highest BCUT2D eigenvalue weighted by atomic mass is 19.4. The molecule has 0 N–H and O–H groups in total. The third-order valence-electron chi connectivity index (χ3n) is 2.22. The summed E-state index contributed by atoms with van der Waals surface area (Å²) in [7, 11) is 0. The first kappa shape index (κ1) is 15.3. The Morgan fingerprint density at radius 1 is 1.11 bits per heavy atom. The molecule has 8 heteroatoms. The van der Waals surface area contributed by atoms with Crippen molar-refractivity contribution >= 4 is 6.29 Å². The minimum absolute atomic E-state index is 0.155. The molecule has 2 nitrogen and oxygen atoms in total. The summed E-state index contributed by atoms with van der Waals surface area (Å²) in [6.07, 6.45) is -14.6. The van der Waals surface area contributed by atoms with Gasteiger partial charge >= 0.3 is 12.4 Å². The van der Waals surface area contributed by atoms with Crippen LogP contribution in [0.1, 0.15) is 15.9 Å². The van der Waals surface area contributed by atoms with Gasteiger partial charge in [-0.2, -0.15) is 26.3 Å². The number of ether oxygens (including phenoxy) is 1. The van der Waals surface area contributed by atoms with Crippen molar-refractivity contribution in [2.24, 2.45) is 0 Å². The van der Waals surface area contributed by atoms with Crippen LogP contribution in [-0.2, 0) is 0 Å². The lowest BCUT2D eigenvalue weighted by atomic mass is 10.1. The van der Waals surface area contributed by atoms with E-state index in [0.717, 1.165) is 18.2 Å². The lowest BCUT2D eigenvalue weighted by molar-refractivity contribution is -0.299. The summed E-state index contributed by atoms with van der Waals surface area (Å²) in [5, 5.41) is 0. The second-order valence-corrected chi connectivity index (χ2v) is 3.72. The molecule has 0 spiro atoms. The average molecular weight is 286 g/mol. The molecular weight excluding hydrogens is 278 g/mol. The first-order valence-electron chi connectivity index (χ1n) is 4.91. The highest BCUT2D eigenvalue weighted by Gasteiger charge is 2.59. The number of carbonyl (C=O) groups is 1. The second-order valence-electron chi connectivity index (χ2n) is 3.72. The smallest absolute Gasteiger partial charge is 0.434 e. The monoisotopic (exact) mass is 286 g/mol. The molecule has 1 aromatic carbocycles. The molecule has 0 heterocycles. The first-order valence-corrected chi connectivity index (χ1v) is 4.91. The Labute approximate surface area is 104 Å². The van der Waals surface area contributed by atoms with E-state index in [1.807, 2.05) is 0 Å². The SMILES string of the molecule is Cc1cc(OC(C(F)(F)F)C(F)(F)F)ccc1C=O. The maximum absolute atomic E-state index is 12.2. The van der Waals surface area contributed by atoms with Crippen LogP contribution in [-0.4, -0.2) is 24.7 Å². The maximum atomic E-state index is 12.2. The number of hydrogen-bond acceptors (Lipinski definition) is 2. The van der Waals surface area contributed by atoms with Crippen LogP contribution in [0.5, 0.6) is 5.75 Å². The zero-order valence-corrected chi connectivity index (χ0v) is 9.47. The van der Waals surface area contributed by atoms with Crippen LogP contribution < -0.4 is 4.74 Å². The molecule has 0 aromatic heterocycles. The first-order chi connectivity index (χ1) is 8.55. The Bertz CT molecular complexity index is 449. The van der Waals surface area contributed by atoms with Crippen LogP contribution in [0.3, 0.4) is 0 Å². The predicted molar refractivity (Wildman–Crippen MR) is 53.1 cm³/mol. The lowest BCUT2D eigenvalue weighted by Crippen LogP contribution is -2.46. The molecule has 0 saturated heterocycles. The van der Waals surface area contributed by atoms with Crippen LogP contribution in [0.15, 0.2) is 18.2 Å². The Morgan fingerprint density at radius 3 is 2.00 bits per heavy atom. The number of rotatable bonds is 3. The normalized spacial score (nSPS) is 12.6. The molecule has 1 aromatic rings. The molecule has 0 bridgehead atoms. The minimum atomic E-state index is -5.57. The molecule has 0 unspecified atom stereocenters. The van der Waals surface area contributed by atoms with Gasteiger partial charge in [-0.05, 0) is 30.7 Å². The molecule has 1 rings (SSSR count). The van der Waals surface area contributed by atoms with E-state index >= 15 is 0 Å². The number of halogens is 6. The van der Waals surface area contributed by atoms with Gasteiger partial charge in [-0.1, -0.05) is 0 Å². The number of aryl methyl sites for hydroxylation is 1. The van der Waals surface area contributed by atoms with Crippen LogP contribution in [0.25, 0.3) is 0 Å². The molecule has 0 atom stereocenters. The lowest BCUT2D eigenvalue weighted by Gasteiger charge is -2.24. The van der Waals surface area contributed by atoms with Crippen LogP contribution in [0.2, 0.25) is 0 Å². The summed E-state index contributed by atoms with van der Waals surface area (Å²) in [6, 6.07) is 2.90. The van der Waals surface area contributed by atoms with Gasteiger partial charge in [-0.15, -0.1) is 0 Å². The van der Waals surface area contributed by atoms with Crippen LogP contribution in [0, 0.1) is 6.92 Å². The molecule has 0 radical (unpaired) electrons. The van der Waals surface area contributed by atoms with Gasteiger partial charge in [-0.25, -0.2) is 0 Å². The van der Waals surface area contributed by atoms with E-state index in [0.29, 0.717) is 6.29 Å². The average Bonchev–Trinajstić information content (AvgIpc) is 2.23. The molecule has 19 heavy (non-hydrogen) atoms. The van der Waals surface area contributed by atoms with E-state index in [2.05, 4.69) is 4.74 Å². The summed E-state index contributed by atoms with van der Waals surface area (Å²) >= 11 is 0. The molecule has 0 aliphatic rings. The topological polar surface area (TPSA) is 26.3 Å². The number of aldehydes is 1. The van der Waals surface area contributed by atoms with Crippen molar-refractivity contribution in [3.63, 3.8) is 0 Å². The van der Waals surface area contributed by atoms with Gasteiger partial charge < -0.3 is 4.74 Å². The number of benzene rings is 1. The largest absolute Gasteiger partial charge is 0.471 e. The van der Waals surface area contributed by atoms with Crippen molar-refractivity contribution in [3.8, 4) is 5.75 Å². The molecule has 0 aliphatic heterocycles. The summed E-state index contributed by atoms with van der Waals surface area (Å²) in [5.74, 6) is -0.609. The molecular formula is C11H8F6O2. The Hall–Kier alpha value is -1.73. The highest BCUT2D eigenvalue weighted by molar-refractivity contribution is 5.77. The number of alkyl halides is 6. The van der Waals surface area contributed by atoms with Gasteiger partial charge in [-0.3, -0.25) is 4.79 Å². The zero-order valence-electron chi connectivity index (χ0n) is 9.47. The fourth-order valence-electron chi connectivity index (χ4n) is 1.31. The van der Waals surface area contributed by atoms with E-state index < -0.39 is 24.2 Å². The summed E-state index contributed by atoms with van der Waals surface area (Å²) < 4.78 is 77.4. The van der Waals surface area contributed by atoms with Gasteiger partial charge in [0.1, 0.15) is 12.0 Å². The quantitative estimate of drug-likeness (QED) is 0.626. The predicted octanol–water partition coefficient (Wildman–Crippen LogP) is 3.68. The summed E-state index contributed by atoms with van der Waals surface area (Å²) in [5.41, 5.74) is 0.374. The van der Waals surface area contributed by atoms with Gasteiger partial charge in [0.15, 0.2) is 0 Å². The van der Waals surface area contributed by atoms with Crippen molar-refractivity contribution in [1.29, 1.82) is 0 Å². The highest BCUT2D eigenvalue weighted by Crippen LogP contribution is 2.36.